The minimum atomic E-state index is -4.69. The summed E-state index contributed by atoms with van der Waals surface area (Å²) >= 11 is 0. The predicted molar refractivity (Wildman–Crippen MR) is 114 cm³/mol. The molecule has 176 valence electrons. The highest BCUT2D eigenvalue weighted by Crippen LogP contribution is 2.31. The summed E-state index contributed by atoms with van der Waals surface area (Å²) in [7, 11) is 0. The Kier molecular flexibility index (Phi) is 6.30. The largest absolute Gasteiger partial charge is 0.449 e. The van der Waals surface area contributed by atoms with Crippen LogP contribution < -0.4 is 10.6 Å². The molecule has 34 heavy (non-hydrogen) atoms. The van der Waals surface area contributed by atoms with Gasteiger partial charge in [0.15, 0.2) is 5.82 Å². The smallest absolute Gasteiger partial charge is 0.350 e. The van der Waals surface area contributed by atoms with E-state index >= 15 is 0 Å². The zero-order valence-corrected chi connectivity index (χ0v) is 17.9. The zero-order chi connectivity index (χ0) is 24.3. The Morgan fingerprint density at radius 1 is 0.971 bits per heavy atom. The topological polar surface area (TPSA) is 115 Å². The number of hydrogen-bond acceptors (Lipinski definition) is 6. The van der Waals surface area contributed by atoms with Gasteiger partial charge in [0.1, 0.15) is 0 Å². The molecule has 0 aliphatic rings. The van der Waals surface area contributed by atoms with E-state index in [2.05, 4.69) is 25.8 Å². The maximum absolute atomic E-state index is 13.4. The van der Waals surface area contributed by atoms with Crippen molar-refractivity contribution in [1.29, 1.82) is 0 Å². The van der Waals surface area contributed by atoms with Crippen LogP contribution in [0.2, 0.25) is 0 Å². The van der Waals surface area contributed by atoms with E-state index in [1.54, 1.807) is 24.3 Å². The first kappa shape index (κ1) is 23.0. The average Bonchev–Trinajstić information content (AvgIpc) is 3.42. The van der Waals surface area contributed by atoms with E-state index in [0.717, 1.165) is 10.1 Å². The number of carbonyl (C=O) groups excluding carboxylic acids is 2. The van der Waals surface area contributed by atoms with Gasteiger partial charge in [-0.15, -0.1) is 0 Å². The maximum Gasteiger partial charge on any atom is 0.449 e. The van der Waals surface area contributed by atoms with Gasteiger partial charge >= 0.3 is 18.0 Å². The molecule has 0 unspecified atom stereocenters. The van der Waals surface area contributed by atoms with Gasteiger partial charge in [0, 0.05) is 18.7 Å². The third-order valence-corrected chi connectivity index (χ3v) is 4.96. The average molecular weight is 472 g/mol. The molecule has 4 aromatic rings. The van der Waals surface area contributed by atoms with E-state index in [4.69, 9.17) is 4.52 Å². The Balaban J connectivity index is 1.37. The molecule has 0 radical (unpaired) electrons. The number of aromatic nitrogens is 4. The molecular formula is C22H19F3N6O3. The fourth-order valence-electron chi connectivity index (χ4n) is 3.35. The van der Waals surface area contributed by atoms with Crippen molar-refractivity contribution in [3.8, 4) is 0 Å². The summed E-state index contributed by atoms with van der Waals surface area (Å²) in [5.41, 5.74) is 1.77. The SMILES string of the molecule is Cc1ccccc1C(=O)NCCNC(=O)c1nc(Cn2c(C(F)(F)F)nc3ccccc32)no1. The highest BCUT2D eigenvalue weighted by atomic mass is 19.4. The van der Waals surface area contributed by atoms with Crippen molar-refractivity contribution in [2.75, 3.05) is 13.1 Å². The molecule has 2 aromatic carbocycles. The standard InChI is InChI=1S/C22H19F3N6O3/c1-13-6-2-3-7-14(13)18(32)26-10-11-27-19(33)20-29-17(30-34-20)12-31-16-9-5-4-8-15(16)28-21(31)22(23,24)25/h2-9H,10-12H2,1H3,(H,26,32)(H,27,33). The molecule has 2 aromatic heterocycles. The lowest BCUT2D eigenvalue weighted by atomic mass is 10.1. The number of carbonyl (C=O) groups is 2. The van der Waals surface area contributed by atoms with Crippen molar-refractivity contribution in [3.05, 3.63) is 77.2 Å². The third-order valence-electron chi connectivity index (χ3n) is 4.96. The number of hydrogen-bond donors (Lipinski definition) is 2. The number of alkyl halides is 3. The summed E-state index contributed by atoms with van der Waals surface area (Å²) < 4.78 is 46.1. The van der Waals surface area contributed by atoms with Crippen LogP contribution in [0.1, 0.15) is 38.3 Å². The second-order valence-corrected chi connectivity index (χ2v) is 7.35. The number of aryl methyl sites for hydroxylation is 1. The van der Waals surface area contributed by atoms with Crippen LogP contribution in [0.4, 0.5) is 13.2 Å². The molecule has 0 atom stereocenters. The number of fused-ring (bicyclic) bond motifs is 1. The predicted octanol–water partition coefficient (Wildman–Crippen LogP) is 2.95. The van der Waals surface area contributed by atoms with E-state index in [1.807, 2.05) is 19.1 Å². The summed E-state index contributed by atoms with van der Waals surface area (Å²) in [5, 5.41) is 8.81. The maximum atomic E-state index is 13.4. The number of nitrogens with zero attached hydrogens (tertiary/aromatic N) is 4. The molecule has 0 saturated heterocycles. The fourth-order valence-corrected chi connectivity index (χ4v) is 3.35. The first-order chi connectivity index (χ1) is 16.2. The molecule has 9 nitrogen and oxygen atoms in total. The van der Waals surface area contributed by atoms with E-state index in [1.165, 1.54) is 12.1 Å². The molecule has 4 rings (SSSR count). The van der Waals surface area contributed by atoms with Crippen molar-refractivity contribution >= 4 is 22.8 Å². The Morgan fingerprint density at radius 2 is 1.65 bits per heavy atom. The van der Waals surface area contributed by atoms with Gasteiger partial charge in [0.2, 0.25) is 5.82 Å². The molecule has 12 heteroatoms. The Morgan fingerprint density at radius 3 is 2.38 bits per heavy atom. The number of imidazole rings is 1. The monoisotopic (exact) mass is 472 g/mol. The van der Waals surface area contributed by atoms with Crippen LogP contribution in [0, 0.1) is 6.92 Å². The van der Waals surface area contributed by atoms with Crippen molar-refractivity contribution in [2.45, 2.75) is 19.6 Å². The van der Waals surface area contributed by atoms with Gasteiger partial charge < -0.3 is 19.7 Å². The first-order valence-electron chi connectivity index (χ1n) is 10.2. The Hall–Kier alpha value is -4.22. The summed E-state index contributed by atoms with van der Waals surface area (Å²) in [5.74, 6) is -2.62. The molecule has 2 amide bonds. The Labute approximate surface area is 191 Å². The zero-order valence-electron chi connectivity index (χ0n) is 17.9. The van der Waals surface area contributed by atoms with Crippen LogP contribution in [0.3, 0.4) is 0 Å². The van der Waals surface area contributed by atoms with E-state index in [-0.39, 0.29) is 35.9 Å². The van der Waals surface area contributed by atoms with E-state index < -0.39 is 30.3 Å². The number of nitrogens with one attached hydrogen (secondary N) is 2. The number of benzene rings is 2. The summed E-state index contributed by atoms with van der Waals surface area (Å²) in [6, 6.07) is 13.2. The molecule has 2 heterocycles. The van der Waals surface area contributed by atoms with Gasteiger partial charge in [-0.25, -0.2) is 4.98 Å². The lowest BCUT2D eigenvalue weighted by molar-refractivity contribution is -0.146. The second-order valence-electron chi connectivity index (χ2n) is 7.35. The molecular weight excluding hydrogens is 453 g/mol. The molecule has 0 spiro atoms. The van der Waals surface area contributed by atoms with Gasteiger partial charge in [-0.1, -0.05) is 35.5 Å². The van der Waals surface area contributed by atoms with Gasteiger partial charge in [0.25, 0.3) is 5.91 Å². The second kappa shape index (κ2) is 9.33. The van der Waals surface area contributed by atoms with Gasteiger partial charge in [-0.2, -0.15) is 18.2 Å². The minimum Gasteiger partial charge on any atom is -0.350 e. The number of halogens is 3. The van der Waals surface area contributed by atoms with Gasteiger partial charge in [-0.3, -0.25) is 9.59 Å². The number of para-hydroxylation sites is 2. The summed E-state index contributed by atoms with van der Waals surface area (Å²) in [4.78, 5) is 32.0. The highest BCUT2D eigenvalue weighted by Gasteiger charge is 2.38. The molecule has 0 bridgehead atoms. The molecule has 2 N–H and O–H groups in total. The minimum absolute atomic E-state index is 0.0819. The summed E-state index contributed by atoms with van der Waals surface area (Å²) in [6.07, 6.45) is -4.69. The van der Waals surface area contributed by atoms with Crippen molar-refractivity contribution < 1.29 is 27.3 Å². The fraction of sp³-hybridized carbons (Fsp3) is 0.227. The Bertz CT molecular complexity index is 1350. The molecule has 0 aliphatic carbocycles. The molecule has 0 aliphatic heterocycles. The van der Waals surface area contributed by atoms with E-state index in [9.17, 15) is 22.8 Å². The van der Waals surface area contributed by atoms with Crippen LogP contribution in [-0.4, -0.2) is 44.6 Å². The van der Waals surface area contributed by atoms with Crippen LogP contribution >= 0.6 is 0 Å². The lowest BCUT2D eigenvalue weighted by Crippen LogP contribution is -2.35. The third kappa shape index (κ3) is 4.90. The van der Waals surface area contributed by atoms with Gasteiger partial charge in [-0.05, 0) is 30.7 Å². The number of rotatable bonds is 7. The first-order valence-corrected chi connectivity index (χ1v) is 10.2. The molecule has 0 fully saturated rings. The number of amides is 2. The van der Waals surface area contributed by atoms with E-state index in [0.29, 0.717) is 5.56 Å². The van der Waals surface area contributed by atoms with Crippen LogP contribution in [0.25, 0.3) is 11.0 Å². The summed E-state index contributed by atoms with van der Waals surface area (Å²) in [6.45, 7) is 1.65. The highest BCUT2D eigenvalue weighted by molar-refractivity contribution is 5.95. The normalized spacial score (nSPS) is 11.5. The van der Waals surface area contributed by atoms with Crippen molar-refractivity contribution in [2.24, 2.45) is 0 Å². The van der Waals surface area contributed by atoms with Crippen molar-refractivity contribution in [3.63, 3.8) is 0 Å². The van der Waals surface area contributed by atoms with Crippen LogP contribution in [0.15, 0.2) is 53.1 Å². The lowest BCUT2D eigenvalue weighted by Gasteiger charge is -2.09. The molecule has 0 saturated carbocycles. The van der Waals surface area contributed by atoms with Crippen LogP contribution in [0.5, 0.6) is 0 Å². The quantitative estimate of drug-likeness (QED) is 0.400. The van der Waals surface area contributed by atoms with Crippen molar-refractivity contribution in [1.82, 2.24) is 30.3 Å². The van der Waals surface area contributed by atoms with Crippen LogP contribution in [-0.2, 0) is 12.7 Å². The van der Waals surface area contributed by atoms with Gasteiger partial charge in [0.05, 0.1) is 17.6 Å².